The summed E-state index contributed by atoms with van der Waals surface area (Å²) in [6, 6.07) is 2.10. The first-order valence-electron chi connectivity index (χ1n) is 6.71. The van der Waals surface area contributed by atoms with Crippen LogP contribution in [-0.4, -0.2) is 11.0 Å². The fourth-order valence-corrected chi connectivity index (χ4v) is 2.46. The Labute approximate surface area is 115 Å². The Balaban J connectivity index is 2.14. The second kappa shape index (κ2) is 5.87. The molecule has 1 saturated carbocycles. The van der Waals surface area contributed by atoms with Crippen molar-refractivity contribution in [1.82, 2.24) is 4.98 Å². The second-order valence-corrected chi connectivity index (χ2v) is 5.37. The predicted octanol–water partition coefficient (Wildman–Crippen LogP) is 3.38. The van der Waals surface area contributed by atoms with E-state index in [4.69, 9.17) is 5.84 Å². The Hall–Kier alpha value is -1.50. The van der Waals surface area contributed by atoms with Crippen LogP contribution in [-0.2, 0) is 6.18 Å². The molecule has 0 bridgehead atoms. The average molecular weight is 288 g/mol. The Kier molecular flexibility index (Phi) is 4.37. The van der Waals surface area contributed by atoms with Crippen molar-refractivity contribution in [3.05, 3.63) is 17.7 Å². The van der Waals surface area contributed by atoms with E-state index in [0.29, 0.717) is 5.92 Å². The van der Waals surface area contributed by atoms with Gasteiger partial charge in [-0.25, -0.2) is 10.8 Å². The zero-order valence-electron chi connectivity index (χ0n) is 11.3. The van der Waals surface area contributed by atoms with E-state index in [1.807, 2.05) is 0 Å². The monoisotopic (exact) mass is 288 g/mol. The molecule has 0 radical (unpaired) electrons. The smallest absolute Gasteiger partial charge is 0.367 e. The molecule has 112 valence electrons. The predicted molar refractivity (Wildman–Crippen MR) is 72.1 cm³/mol. The zero-order chi connectivity index (χ0) is 14.8. The highest BCUT2D eigenvalue weighted by Gasteiger charge is 2.32. The standard InChI is InChI=1S/C13H19F3N4/c1-8-2-4-10(5-3-8)18-11-6-9(13(14,15)16)7-12(19-11)20-17/h6-8,10H,2-5,17H2,1H3,(H2,18,19,20). The Morgan fingerprint density at radius 1 is 1.15 bits per heavy atom. The van der Waals surface area contributed by atoms with E-state index >= 15 is 0 Å². The van der Waals surface area contributed by atoms with Gasteiger partial charge in [-0.05, 0) is 43.7 Å². The van der Waals surface area contributed by atoms with Gasteiger partial charge in [-0.1, -0.05) is 6.92 Å². The van der Waals surface area contributed by atoms with E-state index in [2.05, 4.69) is 22.7 Å². The fourth-order valence-electron chi connectivity index (χ4n) is 2.46. The van der Waals surface area contributed by atoms with Gasteiger partial charge in [0.15, 0.2) is 0 Å². The summed E-state index contributed by atoms with van der Waals surface area (Å²) in [5.41, 5.74) is 1.42. The molecule has 0 atom stereocenters. The summed E-state index contributed by atoms with van der Waals surface area (Å²) < 4.78 is 38.4. The summed E-state index contributed by atoms with van der Waals surface area (Å²) in [7, 11) is 0. The molecular formula is C13H19F3N4. The molecule has 20 heavy (non-hydrogen) atoms. The Bertz CT molecular complexity index is 453. The van der Waals surface area contributed by atoms with E-state index < -0.39 is 11.7 Å². The van der Waals surface area contributed by atoms with Gasteiger partial charge >= 0.3 is 6.18 Å². The van der Waals surface area contributed by atoms with Gasteiger partial charge in [0.1, 0.15) is 11.6 Å². The molecule has 0 aromatic carbocycles. The Morgan fingerprint density at radius 3 is 2.30 bits per heavy atom. The molecule has 0 aliphatic heterocycles. The number of nitrogens with zero attached hydrogens (tertiary/aromatic N) is 1. The molecule has 1 heterocycles. The number of hydrazine groups is 1. The summed E-state index contributed by atoms with van der Waals surface area (Å²) in [6.07, 6.45) is -0.349. The molecule has 1 aromatic heterocycles. The third kappa shape index (κ3) is 3.75. The van der Waals surface area contributed by atoms with Crippen LogP contribution in [0.2, 0.25) is 0 Å². The maximum absolute atomic E-state index is 12.8. The van der Waals surface area contributed by atoms with E-state index in [9.17, 15) is 13.2 Å². The highest BCUT2D eigenvalue weighted by Crippen LogP contribution is 2.33. The number of halogens is 3. The molecular weight excluding hydrogens is 269 g/mol. The summed E-state index contributed by atoms with van der Waals surface area (Å²) in [6.45, 7) is 2.19. The quantitative estimate of drug-likeness (QED) is 0.589. The zero-order valence-corrected chi connectivity index (χ0v) is 11.3. The first-order valence-corrected chi connectivity index (χ1v) is 6.71. The number of hydrogen-bond donors (Lipinski definition) is 3. The highest BCUT2D eigenvalue weighted by molar-refractivity contribution is 5.49. The van der Waals surface area contributed by atoms with Crippen LogP contribution < -0.4 is 16.6 Å². The molecule has 1 aliphatic carbocycles. The van der Waals surface area contributed by atoms with E-state index in [1.165, 1.54) is 0 Å². The van der Waals surface area contributed by atoms with Crippen molar-refractivity contribution >= 4 is 11.6 Å². The minimum Gasteiger partial charge on any atom is -0.367 e. The van der Waals surface area contributed by atoms with Gasteiger partial charge < -0.3 is 10.7 Å². The number of rotatable bonds is 3. The number of nitrogens with one attached hydrogen (secondary N) is 2. The normalized spacial score (nSPS) is 23.4. The fraction of sp³-hybridized carbons (Fsp3) is 0.615. The van der Waals surface area contributed by atoms with Crippen LogP contribution in [0.25, 0.3) is 0 Å². The number of nitrogen functional groups attached to an aromatic ring is 1. The van der Waals surface area contributed by atoms with Crippen LogP contribution >= 0.6 is 0 Å². The lowest BCUT2D eigenvalue weighted by atomic mass is 9.87. The number of hydrogen-bond acceptors (Lipinski definition) is 4. The molecule has 2 rings (SSSR count). The van der Waals surface area contributed by atoms with Crippen molar-refractivity contribution in [2.45, 2.75) is 44.8 Å². The molecule has 1 fully saturated rings. The minimum atomic E-state index is -4.41. The van der Waals surface area contributed by atoms with Crippen molar-refractivity contribution in [1.29, 1.82) is 0 Å². The molecule has 0 amide bonds. The number of alkyl halides is 3. The topological polar surface area (TPSA) is 63.0 Å². The summed E-state index contributed by atoms with van der Waals surface area (Å²) in [5.74, 6) is 6.08. The van der Waals surface area contributed by atoms with Crippen molar-refractivity contribution in [3.8, 4) is 0 Å². The molecule has 7 heteroatoms. The number of anilines is 2. The van der Waals surface area contributed by atoms with Crippen LogP contribution in [0.3, 0.4) is 0 Å². The number of aromatic nitrogens is 1. The lowest BCUT2D eigenvalue weighted by Gasteiger charge is -2.27. The second-order valence-electron chi connectivity index (χ2n) is 5.37. The summed E-state index contributed by atoms with van der Waals surface area (Å²) >= 11 is 0. The van der Waals surface area contributed by atoms with Crippen molar-refractivity contribution in [3.63, 3.8) is 0 Å². The van der Waals surface area contributed by atoms with Crippen LogP contribution in [0.4, 0.5) is 24.8 Å². The molecule has 0 spiro atoms. The van der Waals surface area contributed by atoms with Gasteiger partial charge in [-0.2, -0.15) is 13.2 Å². The summed E-state index contributed by atoms with van der Waals surface area (Å²) in [5, 5.41) is 3.08. The maximum Gasteiger partial charge on any atom is 0.416 e. The van der Waals surface area contributed by atoms with Gasteiger partial charge in [0.25, 0.3) is 0 Å². The lowest BCUT2D eigenvalue weighted by Crippen LogP contribution is -2.26. The van der Waals surface area contributed by atoms with Gasteiger partial charge in [-0.3, -0.25) is 0 Å². The Morgan fingerprint density at radius 2 is 1.75 bits per heavy atom. The first-order chi connectivity index (χ1) is 9.38. The largest absolute Gasteiger partial charge is 0.416 e. The van der Waals surface area contributed by atoms with Crippen LogP contribution in [0, 0.1) is 5.92 Å². The summed E-state index contributed by atoms with van der Waals surface area (Å²) in [4.78, 5) is 4.03. The van der Waals surface area contributed by atoms with Crippen molar-refractivity contribution in [2.24, 2.45) is 11.8 Å². The van der Waals surface area contributed by atoms with E-state index in [0.717, 1.165) is 37.8 Å². The van der Waals surface area contributed by atoms with Crippen LogP contribution in [0.5, 0.6) is 0 Å². The lowest BCUT2D eigenvalue weighted by molar-refractivity contribution is -0.137. The minimum absolute atomic E-state index is 0.00602. The van der Waals surface area contributed by atoms with Gasteiger partial charge in [-0.15, -0.1) is 0 Å². The maximum atomic E-state index is 12.8. The molecule has 0 unspecified atom stereocenters. The van der Waals surface area contributed by atoms with Crippen molar-refractivity contribution in [2.75, 3.05) is 10.7 Å². The highest BCUT2D eigenvalue weighted by atomic mass is 19.4. The van der Waals surface area contributed by atoms with Crippen LogP contribution in [0.1, 0.15) is 38.2 Å². The first kappa shape index (κ1) is 14.9. The van der Waals surface area contributed by atoms with Gasteiger partial charge in [0.05, 0.1) is 5.56 Å². The molecule has 4 nitrogen and oxygen atoms in total. The molecule has 0 saturated heterocycles. The average Bonchev–Trinajstić information content (AvgIpc) is 2.40. The van der Waals surface area contributed by atoms with Crippen molar-refractivity contribution < 1.29 is 13.2 Å². The number of nitrogens with two attached hydrogens (primary N) is 1. The van der Waals surface area contributed by atoms with Crippen LogP contribution in [0.15, 0.2) is 12.1 Å². The number of pyridine rings is 1. The molecule has 1 aromatic rings. The van der Waals surface area contributed by atoms with E-state index in [-0.39, 0.29) is 17.7 Å². The molecule has 4 N–H and O–H groups in total. The SMILES string of the molecule is CC1CCC(Nc2cc(C(F)(F)F)cc(NN)n2)CC1. The molecule has 1 aliphatic rings. The van der Waals surface area contributed by atoms with E-state index in [1.54, 1.807) is 0 Å². The van der Waals surface area contributed by atoms with Gasteiger partial charge in [0, 0.05) is 6.04 Å². The third-order valence-corrected chi connectivity index (χ3v) is 3.67. The van der Waals surface area contributed by atoms with Gasteiger partial charge in [0.2, 0.25) is 0 Å². The third-order valence-electron chi connectivity index (χ3n) is 3.67.